The van der Waals surface area contributed by atoms with Crippen LogP contribution in [0.3, 0.4) is 0 Å². The number of hydrogen-bond donors (Lipinski definition) is 2. The van der Waals surface area contributed by atoms with E-state index >= 15 is 0 Å². The van der Waals surface area contributed by atoms with Gasteiger partial charge in [0.15, 0.2) is 0 Å². The van der Waals surface area contributed by atoms with Gasteiger partial charge in [0.2, 0.25) is 0 Å². The molecule has 21 heavy (non-hydrogen) atoms. The Morgan fingerprint density at radius 1 is 1.29 bits per heavy atom. The summed E-state index contributed by atoms with van der Waals surface area (Å²) in [6.07, 6.45) is 3.73. The Hall–Kier alpha value is -1.35. The largest absolute Gasteiger partial charge is 0.508 e. The van der Waals surface area contributed by atoms with Crippen molar-refractivity contribution in [1.29, 1.82) is 0 Å². The van der Waals surface area contributed by atoms with Crippen LogP contribution in [0.2, 0.25) is 0 Å². The van der Waals surface area contributed by atoms with E-state index in [1.54, 1.807) is 12.1 Å². The Morgan fingerprint density at radius 2 is 2.10 bits per heavy atom. The number of aliphatic hydroxyl groups is 1. The third-order valence-electron chi connectivity index (χ3n) is 6.44. The van der Waals surface area contributed by atoms with Crippen LogP contribution in [0.1, 0.15) is 49.7 Å². The number of hydrogen-bond acceptors (Lipinski definition) is 3. The van der Waals surface area contributed by atoms with E-state index in [9.17, 15) is 15.0 Å². The van der Waals surface area contributed by atoms with Crippen molar-refractivity contribution >= 4 is 5.78 Å². The number of benzene rings is 1. The molecule has 0 saturated heterocycles. The van der Waals surface area contributed by atoms with Crippen LogP contribution in [0.25, 0.3) is 0 Å². The minimum Gasteiger partial charge on any atom is -0.508 e. The Kier molecular flexibility index (Phi) is 2.74. The predicted octanol–water partition coefficient (Wildman–Crippen LogP) is 2.79. The highest BCUT2D eigenvalue weighted by atomic mass is 16.3. The van der Waals surface area contributed by atoms with Crippen LogP contribution in [-0.4, -0.2) is 22.1 Å². The number of carbonyl (C=O) groups is 1. The molecule has 0 aliphatic heterocycles. The minimum atomic E-state index is -0.389. The molecule has 2 saturated carbocycles. The zero-order valence-corrected chi connectivity index (χ0v) is 12.4. The maximum atomic E-state index is 12.3. The molecule has 2 fully saturated rings. The molecule has 0 radical (unpaired) electrons. The van der Waals surface area contributed by atoms with E-state index in [2.05, 4.69) is 6.92 Å². The van der Waals surface area contributed by atoms with E-state index in [4.69, 9.17) is 0 Å². The van der Waals surface area contributed by atoms with Crippen molar-refractivity contribution in [2.45, 2.75) is 51.0 Å². The molecule has 0 spiro atoms. The van der Waals surface area contributed by atoms with Crippen molar-refractivity contribution in [3.63, 3.8) is 0 Å². The molecule has 3 unspecified atom stereocenters. The lowest BCUT2D eigenvalue weighted by atomic mass is 9.55. The highest BCUT2D eigenvalue weighted by Gasteiger charge is 2.56. The van der Waals surface area contributed by atoms with Crippen molar-refractivity contribution < 1.29 is 15.0 Å². The van der Waals surface area contributed by atoms with Crippen molar-refractivity contribution in [2.24, 2.45) is 17.3 Å². The summed E-state index contributed by atoms with van der Waals surface area (Å²) in [5.74, 6) is 1.53. The van der Waals surface area contributed by atoms with Crippen LogP contribution in [-0.2, 0) is 11.2 Å². The molecule has 5 atom stereocenters. The number of aromatic hydroxyl groups is 1. The molecule has 1 aromatic rings. The summed E-state index contributed by atoms with van der Waals surface area (Å²) < 4.78 is 0. The highest BCUT2D eigenvalue weighted by molar-refractivity contribution is 5.87. The van der Waals surface area contributed by atoms with Gasteiger partial charge >= 0.3 is 0 Å². The third-order valence-corrected chi connectivity index (χ3v) is 6.44. The second kappa shape index (κ2) is 4.33. The van der Waals surface area contributed by atoms with E-state index in [0.717, 1.165) is 24.8 Å². The van der Waals surface area contributed by atoms with E-state index in [1.807, 2.05) is 6.07 Å². The molecular formula is C18H22O3. The van der Waals surface area contributed by atoms with Crippen LogP contribution >= 0.6 is 0 Å². The number of Topliss-reactive ketones (excluding diaryl/α,β-unsaturated/α-hetero) is 1. The van der Waals surface area contributed by atoms with Gasteiger partial charge in [0.05, 0.1) is 6.10 Å². The molecular weight excluding hydrogens is 264 g/mol. The van der Waals surface area contributed by atoms with Gasteiger partial charge in [0.1, 0.15) is 11.5 Å². The van der Waals surface area contributed by atoms with Gasteiger partial charge in [-0.1, -0.05) is 13.0 Å². The Labute approximate surface area is 125 Å². The molecule has 0 amide bonds. The van der Waals surface area contributed by atoms with Gasteiger partial charge in [-0.15, -0.1) is 0 Å². The Morgan fingerprint density at radius 3 is 2.90 bits per heavy atom. The fourth-order valence-electron chi connectivity index (χ4n) is 5.36. The number of phenolic OH excluding ortho intramolecular Hbond substituents is 1. The fourth-order valence-corrected chi connectivity index (χ4v) is 5.36. The molecule has 3 aliphatic rings. The number of aliphatic hydroxyl groups excluding tert-OH is 1. The van der Waals surface area contributed by atoms with Gasteiger partial charge in [-0.2, -0.15) is 0 Å². The van der Waals surface area contributed by atoms with E-state index < -0.39 is 0 Å². The fraction of sp³-hybridized carbons (Fsp3) is 0.611. The molecule has 2 N–H and O–H groups in total. The molecule has 3 aliphatic carbocycles. The van der Waals surface area contributed by atoms with Crippen LogP contribution in [0.5, 0.6) is 5.75 Å². The van der Waals surface area contributed by atoms with Crippen LogP contribution < -0.4 is 0 Å². The molecule has 0 bridgehead atoms. The number of phenols is 1. The zero-order valence-electron chi connectivity index (χ0n) is 12.4. The SMILES string of the molecule is C[C@]12CCC3c4ccc(O)cc4C[C@H](O)C3C1CCC2=O. The van der Waals surface area contributed by atoms with Crippen molar-refractivity contribution in [3.05, 3.63) is 29.3 Å². The average molecular weight is 286 g/mol. The van der Waals surface area contributed by atoms with Gasteiger partial charge in [0, 0.05) is 11.8 Å². The van der Waals surface area contributed by atoms with Crippen LogP contribution in [0.4, 0.5) is 0 Å². The van der Waals surface area contributed by atoms with Gasteiger partial charge in [-0.05, 0) is 66.7 Å². The maximum Gasteiger partial charge on any atom is 0.139 e. The van der Waals surface area contributed by atoms with Gasteiger partial charge in [-0.3, -0.25) is 4.79 Å². The van der Waals surface area contributed by atoms with Crippen molar-refractivity contribution in [3.8, 4) is 5.75 Å². The summed E-state index contributed by atoms with van der Waals surface area (Å²) in [6.45, 7) is 2.11. The lowest BCUT2D eigenvalue weighted by Gasteiger charge is -2.50. The minimum absolute atomic E-state index is 0.201. The molecule has 3 heteroatoms. The average Bonchev–Trinajstić information content (AvgIpc) is 2.74. The summed E-state index contributed by atoms with van der Waals surface area (Å²) in [5.41, 5.74) is 2.15. The standard InChI is InChI=1S/C18H22O3/c1-18-7-6-13-12-3-2-11(19)8-10(12)9-15(20)17(13)14(18)4-5-16(18)21/h2-3,8,13-15,17,19-20H,4-7,9H2,1H3/t13?,14?,15-,17?,18-/m0/s1. The molecule has 1 aromatic carbocycles. The van der Waals surface area contributed by atoms with E-state index in [0.29, 0.717) is 30.5 Å². The Balaban J connectivity index is 1.77. The number of rotatable bonds is 0. The molecule has 112 valence electrons. The summed E-state index contributed by atoms with van der Waals surface area (Å²) in [4.78, 5) is 12.3. The van der Waals surface area contributed by atoms with Gasteiger partial charge < -0.3 is 10.2 Å². The zero-order chi connectivity index (χ0) is 14.8. The molecule has 4 rings (SSSR count). The van der Waals surface area contributed by atoms with E-state index in [1.165, 1.54) is 5.56 Å². The van der Waals surface area contributed by atoms with Crippen molar-refractivity contribution in [1.82, 2.24) is 0 Å². The van der Waals surface area contributed by atoms with E-state index in [-0.39, 0.29) is 23.2 Å². The summed E-state index contributed by atoms with van der Waals surface area (Å²) in [5, 5.41) is 20.4. The van der Waals surface area contributed by atoms with Gasteiger partial charge in [-0.25, -0.2) is 0 Å². The van der Waals surface area contributed by atoms with Crippen LogP contribution in [0, 0.1) is 17.3 Å². The van der Waals surface area contributed by atoms with Crippen molar-refractivity contribution in [2.75, 3.05) is 0 Å². The maximum absolute atomic E-state index is 12.3. The second-order valence-electron chi connectivity index (χ2n) is 7.36. The number of ketones is 1. The lowest BCUT2D eigenvalue weighted by molar-refractivity contribution is -0.131. The first kappa shape index (κ1) is 13.3. The smallest absolute Gasteiger partial charge is 0.139 e. The number of carbonyl (C=O) groups excluding carboxylic acids is 1. The monoisotopic (exact) mass is 286 g/mol. The predicted molar refractivity (Wildman–Crippen MR) is 79.1 cm³/mol. The van der Waals surface area contributed by atoms with Gasteiger partial charge in [0.25, 0.3) is 0 Å². The topological polar surface area (TPSA) is 57.5 Å². The lowest BCUT2D eigenvalue weighted by Crippen LogP contribution is -2.48. The highest BCUT2D eigenvalue weighted by Crippen LogP contribution is 2.59. The molecule has 0 aromatic heterocycles. The first-order chi connectivity index (χ1) is 10.0. The third kappa shape index (κ3) is 1.73. The second-order valence-corrected chi connectivity index (χ2v) is 7.36. The quantitative estimate of drug-likeness (QED) is 0.771. The first-order valence-corrected chi connectivity index (χ1v) is 8.04. The van der Waals surface area contributed by atoms with Crippen LogP contribution in [0.15, 0.2) is 18.2 Å². The Bertz CT molecular complexity index is 608. The molecule has 3 nitrogen and oxygen atoms in total. The summed E-state index contributed by atoms with van der Waals surface area (Å²) in [7, 11) is 0. The number of fused-ring (bicyclic) bond motifs is 5. The normalized spacial score (nSPS) is 41.3. The summed E-state index contributed by atoms with van der Waals surface area (Å²) in [6, 6.07) is 5.57. The molecule has 0 heterocycles. The first-order valence-electron chi connectivity index (χ1n) is 8.04. The summed E-state index contributed by atoms with van der Waals surface area (Å²) >= 11 is 0.